The van der Waals surface area contributed by atoms with Crippen molar-refractivity contribution in [3.05, 3.63) is 18.2 Å². The molecule has 1 saturated heterocycles. The predicted octanol–water partition coefficient (Wildman–Crippen LogP) is 1.61. The van der Waals surface area contributed by atoms with E-state index in [2.05, 4.69) is 27.7 Å². The minimum atomic E-state index is -0.250. The Kier molecular flexibility index (Phi) is 5.42. The van der Waals surface area contributed by atoms with Gasteiger partial charge in [0.15, 0.2) is 0 Å². The molecule has 25 heavy (non-hydrogen) atoms. The lowest BCUT2D eigenvalue weighted by Crippen LogP contribution is -2.39. The van der Waals surface area contributed by atoms with E-state index in [0.29, 0.717) is 29.8 Å². The summed E-state index contributed by atoms with van der Waals surface area (Å²) in [4.78, 5) is 29.2. The van der Waals surface area contributed by atoms with Crippen LogP contribution in [-0.4, -0.2) is 63.5 Å². The summed E-state index contributed by atoms with van der Waals surface area (Å²) in [5.41, 5.74) is 0. The highest BCUT2D eigenvalue weighted by molar-refractivity contribution is 5.77. The molecule has 3 fully saturated rings. The van der Waals surface area contributed by atoms with Crippen LogP contribution in [0.2, 0.25) is 0 Å². The Hall–Kier alpha value is -1.89. The average Bonchev–Trinajstić information content (AvgIpc) is 3.17. The van der Waals surface area contributed by atoms with Crippen LogP contribution in [0, 0.1) is 11.8 Å². The number of nitrogens with zero attached hydrogens (tertiary/aromatic N) is 4. The first-order valence-corrected chi connectivity index (χ1v) is 9.07. The van der Waals surface area contributed by atoms with Crippen LogP contribution < -0.4 is 0 Å². The summed E-state index contributed by atoms with van der Waals surface area (Å²) in [5, 5.41) is 6.89. The monoisotopic (exact) mass is 348 g/mol. The van der Waals surface area contributed by atoms with E-state index in [-0.39, 0.29) is 6.47 Å². The Morgan fingerprint density at radius 1 is 1.36 bits per heavy atom. The molecule has 0 bridgehead atoms. The quantitative estimate of drug-likeness (QED) is 0.837. The highest BCUT2D eigenvalue weighted by Crippen LogP contribution is 2.40. The number of likely N-dealkylation sites (tertiary alicyclic amines) is 1. The fourth-order valence-electron chi connectivity index (χ4n) is 4.35. The fourth-order valence-corrected chi connectivity index (χ4v) is 4.35. The third-order valence-electron chi connectivity index (χ3n) is 5.89. The van der Waals surface area contributed by atoms with Crippen LogP contribution in [0.15, 0.2) is 12.4 Å². The highest BCUT2D eigenvalue weighted by Gasteiger charge is 2.41. The van der Waals surface area contributed by atoms with Crippen LogP contribution in [0.5, 0.6) is 0 Å². The molecule has 1 amide bonds. The molecule has 0 radical (unpaired) electrons. The molecule has 7 nitrogen and oxygen atoms in total. The summed E-state index contributed by atoms with van der Waals surface area (Å²) >= 11 is 0. The third-order valence-corrected chi connectivity index (χ3v) is 5.89. The first-order chi connectivity index (χ1) is 12.0. The van der Waals surface area contributed by atoms with Gasteiger partial charge in [0.2, 0.25) is 5.91 Å². The van der Waals surface area contributed by atoms with Gasteiger partial charge in [0.1, 0.15) is 5.82 Å². The van der Waals surface area contributed by atoms with Gasteiger partial charge in [-0.2, -0.15) is 0 Å². The van der Waals surface area contributed by atoms with Crippen molar-refractivity contribution < 1.29 is 14.7 Å². The van der Waals surface area contributed by atoms with Crippen LogP contribution in [0.3, 0.4) is 0 Å². The summed E-state index contributed by atoms with van der Waals surface area (Å²) in [6, 6.07) is 1.29. The number of aromatic nitrogens is 2. The summed E-state index contributed by atoms with van der Waals surface area (Å²) in [6.45, 7) is 1.63. The van der Waals surface area contributed by atoms with E-state index in [1.54, 1.807) is 0 Å². The van der Waals surface area contributed by atoms with Crippen LogP contribution in [0.25, 0.3) is 0 Å². The molecule has 2 heterocycles. The van der Waals surface area contributed by atoms with E-state index >= 15 is 0 Å². The van der Waals surface area contributed by atoms with Gasteiger partial charge in [-0.25, -0.2) is 4.98 Å². The standard InChI is InChI=1S/C17H26N4O.CH2O2/c1-19(11-16-18-5-6-21(16)14-3-4-14)15-7-12-9-17(22)20(2)10-13(12)8-15;2-1-3/h5-6,12-15H,3-4,7-11H2,1-2H3;1H,(H,2,3)/t12-,13+,15-;/m0./s1. The topological polar surface area (TPSA) is 78.7 Å². The summed E-state index contributed by atoms with van der Waals surface area (Å²) in [5.74, 6) is 2.82. The van der Waals surface area contributed by atoms with Gasteiger partial charge < -0.3 is 14.6 Å². The molecule has 1 aromatic heterocycles. The number of piperidine rings is 1. The molecular weight excluding hydrogens is 320 g/mol. The molecule has 0 unspecified atom stereocenters. The largest absolute Gasteiger partial charge is 0.483 e. The van der Waals surface area contributed by atoms with E-state index in [4.69, 9.17) is 9.90 Å². The van der Waals surface area contributed by atoms with Gasteiger partial charge in [0, 0.05) is 44.5 Å². The number of carbonyl (C=O) groups is 2. The van der Waals surface area contributed by atoms with Crippen molar-refractivity contribution in [2.75, 3.05) is 20.6 Å². The molecule has 0 spiro atoms. The van der Waals surface area contributed by atoms with Gasteiger partial charge in [-0.15, -0.1) is 0 Å². The highest BCUT2D eigenvalue weighted by atomic mass is 16.3. The second kappa shape index (κ2) is 7.56. The molecule has 2 aliphatic carbocycles. The van der Waals surface area contributed by atoms with Crippen LogP contribution in [0.1, 0.15) is 44.0 Å². The van der Waals surface area contributed by atoms with Crippen molar-refractivity contribution >= 4 is 12.4 Å². The summed E-state index contributed by atoms with van der Waals surface area (Å²) in [7, 11) is 4.17. The van der Waals surface area contributed by atoms with Gasteiger partial charge in [-0.3, -0.25) is 14.5 Å². The molecule has 1 N–H and O–H groups in total. The number of fused-ring (bicyclic) bond motifs is 1. The maximum absolute atomic E-state index is 11.9. The molecule has 1 aliphatic heterocycles. The number of imidazole rings is 1. The number of rotatable bonds is 4. The van der Waals surface area contributed by atoms with Crippen molar-refractivity contribution in [1.82, 2.24) is 19.4 Å². The number of hydrogen-bond donors (Lipinski definition) is 1. The van der Waals surface area contributed by atoms with Crippen molar-refractivity contribution in [3.8, 4) is 0 Å². The Bertz CT molecular complexity index is 613. The Morgan fingerprint density at radius 3 is 2.72 bits per heavy atom. The fraction of sp³-hybridized carbons (Fsp3) is 0.722. The molecule has 3 atom stereocenters. The Balaban J connectivity index is 0.000000569. The molecule has 1 aromatic rings. The molecule has 138 valence electrons. The van der Waals surface area contributed by atoms with Crippen LogP contribution in [-0.2, 0) is 16.1 Å². The zero-order valence-electron chi connectivity index (χ0n) is 15.0. The smallest absolute Gasteiger partial charge is 0.290 e. The molecular formula is C18H28N4O3. The number of carboxylic acid groups (broad SMARTS) is 1. The van der Waals surface area contributed by atoms with E-state index in [1.807, 2.05) is 18.1 Å². The van der Waals surface area contributed by atoms with Crippen LogP contribution in [0.4, 0.5) is 0 Å². The van der Waals surface area contributed by atoms with Crippen molar-refractivity contribution in [2.45, 2.75) is 50.7 Å². The van der Waals surface area contributed by atoms with E-state index in [1.165, 1.54) is 31.5 Å². The lowest BCUT2D eigenvalue weighted by atomic mass is 9.88. The summed E-state index contributed by atoms with van der Waals surface area (Å²) in [6.07, 6.45) is 9.81. The van der Waals surface area contributed by atoms with E-state index < -0.39 is 0 Å². The molecule has 2 saturated carbocycles. The lowest BCUT2D eigenvalue weighted by molar-refractivity contribution is -0.135. The van der Waals surface area contributed by atoms with Crippen molar-refractivity contribution in [2.24, 2.45) is 11.8 Å². The van der Waals surface area contributed by atoms with Gasteiger partial charge in [-0.05, 0) is 44.6 Å². The van der Waals surface area contributed by atoms with Crippen molar-refractivity contribution in [1.29, 1.82) is 0 Å². The van der Waals surface area contributed by atoms with Crippen LogP contribution >= 0.6 is 0 Å². The second-order valence-corrected chi connectivity index (χ2v) is 7.63. The van der Waals surface area contributed by atoms with E-state index in [0.717, 1.165) is 19.5 Å². The normalized spacial score (nSPS) is 28.5. The van der Waals surface area contributed by atoms with Crippen molar-refractivity contribution in [3.63, 3.8) is 0 Å². The zero-order chi connectivity index (χ0) is 18.0. The maximum atomic E-state index is 11.9. The number of amides is 1. The second-order valence-electron chi connectivity index (χ2n) is 7.63. The van der Waals surface area contributed by atoms with Gasteiger partial charge >= 0.3 is 0 Å². The number of hydrogen-bond acceptors (Lipinski definition) is 4. The molecule has 3 aliphatic rings. The Labute approximate surface area is 148 Å². The predicted molar refractivity (Wildman–Crippen MR) is 92.9 cm³/mol. The Morgan fingerprint density at radius 2 is 2.04 bits per heavy atom. The number of carbonyl (C=O) groups excluding carboxylic acids is 1. The summed E-state index contributed by atoms with van der Waals surface area (Å²) < 4.78 is 2.36. The van der Waals surface area contributed by atoms with Gasteiger partial charge in [0.25, 0.3) is 6.47 Å². The first kappa shape index (κ1) is 17.9. The minimum Gasteiger partial charge on any atom is -0.483 e. The SMILES string of the molecule is CN1C[C@H]2C[C@@H](N(C)Cc3nccn3C3CC3)C[C@H]2CC1=O.O=CO. The average molecular weight is 348 g/mol. The molecule has 0 aromatic carbocycles. The third kappa shape index (κ3) is 4.03. The van der Waals surface area contributed by atoms with Gasteiger partial charge in [-0.1, -0.05) is 0 Å². The van der Waals surface area contributed by atoms with Gasteiger partial charge in [0.05, 0.1) is 6.54 Å². The first-order valence-electron chi connectivity index (χ1n) is 9.07. The maximum Gasteiger partial charge on any atom is 0.290 e. The van der Waals surface area contributed by atoms with E-state index in [9.17, 15) is 4.79 Å². The lowest BCUT2D eigenvalue weighted by Gasteiger charge is -2.31. The minimum absolute atomic E-state index is 0.250. The molecule has 7 heteroatoms. The molecule has 4 rings (SSSR count). The zero-order valence-corrected chi connectivity index (χ0v) is 15.0.